The number of pyridine rings is 2. The average Bonchev–Trinajstić information content (AvgIpc) is 3.42. The summed E-state index contributed by atoms with van der Waals surface area (Å²) >= 11 is 0. The molecule has 6 heterocycles. The number of carbonyl (C=O) groups excluding carboxylic acids is 1. The Balaban J connectivity index is 1.18. The number of rotatable bonds is 5. The summed E-state index contributed by atoms with van der Waals surface area (Å²) < 4.78 is 5.77. The molecular weight excluding hydrogens is 470 g/mol. The summed E-state index contributed by atoms with van der Waals surface area (Å²) in [7, 11) is 2.20. The van der Waals surface area contributed by atoms with Gasteiger partial charge in [0.25, 0.3) is 5.91 Å². The van der Waals surface area contributed by atoms with Crippen molar-refractivity contribution in [3.05, 3.63) is 41.7 Å². The maximum atomic E-state index is 12.3. The van der Waals surface area contributed by atoms with Gasteiger partial charge in [-0.15, -0.1) is 0 Å². The number of ether oxygens (including phenoxy) is 1. The molecule has 1 amide bonds. The lowest BCUT2D eigenvalue weighted by atomic mass is 10.1. The van der Waals surface area contributed by atoms with Crippen molar-refractivity contribution in [3.8, 4) is 5.75 Å². The van der Waals surface area contributed by atoms with Gasteiger partial charge in [0.1, 0.15) is 17.5 Å². The summed E-state index contributed by atoms with van der Waals surface area (Å²) in [6, 6.07) is 6.81. The zero-order chi connectivity index (χ0) is 25.9. The smallest absolute Gasteiger partial charge is 0.269 e. The largest absolute Gasteiger partial charge is 0.474 e. The molecule has 11 heteroatoms. The van der Waals surface area contributed by atoms with Gasteiger partial charge in [0.15, 0.2) is 17.2 Å². The fourth-order valence-corrected chi connectivity index (χ4v) is 5.21. The standard InChI is InChI=1S/C26H31N9O2/c1-14-8-16(11-27-23(14)35-13-17-9-18(35)12-34(17)5)29-25-28-10-15(2)21(33-25)30-20-7-6-19-22(31-20)32-24(36)26(3,4)37-19/h6-8,10-11,17-18H,9,12-13H2,1-5H3,(H3,28,29,30,31,32,33,36). The summed E-state index contributed by atoms with van der Waals surface area (Å²) in [6.07, 6.45) is 4.79. The number of carbonyl (C=O) groups is 1. The fourth-order valence-electron chi connectivity index (χ4n) is 5.21. The predicted octanol–water partition coefficient (Wildman–Crippen LogP) is 3.37. The lowest BCUT2D eigenvalue weighted by Crippen LogP contribution is -2.46. The van der Waals surface area contributed by atoms with Gasteiger partial charge in [-0.1, -0.05) is 0 Å². The molecule has 3 aliphatic rings. The Morgan fingerprint density at radius 1 is 1.05 bits per heavy atom. The maximum Gasteiger partial charge on any atom is 0.269 e. The summed E-state index contributed by atoms with van der Waals surface area (Å²) in [6.45, 7) is 9.57. The summed E-state index contributed by atoms with van der Waals surface area (Å²) in [4.78, 5) is 35.5. The molecule has 3 aromatic rings. The SMILES string of the molecule is Cc1cnc(Nc2cnc(N3CC4CC3CN4C)c(C)c2)nc1Nc1ccc2c(n1)NC(=O)C(C)(C)O2. The molecule has 11 nitrogen and oxygen atoms in total. The molecule has 2 atom stereocenters. The monoisotopic (exact) mass is 501 g/mol. The molecule has 0 aliphatic carbocycles. The number of aryl methyl sites for hydroxylation is 2. The fraction of sp³-hybridized carbons (Fsp3) is 0.423. The van der Waals surface area contributed by atoms with Gasteiger partial charge < -0.3 is 25.6 Å². The minimum Gasteiger partial charge on any atom is -0.474 e. The van der Waals surface area contributed by atoms with Crippen molar-refractivity contribution in [2.45, 2.75) is 51.8 Å². The van der Waals surface area contributed by atoms with Gasteiger partial charge in [0, 0.05) is 36.9 Å². The van der Waals surface area contributed by atoms with Crippen LogP contribution in [0.25, 0.3) is 0 Å². The average molecular weight is 502 g/mol. The molecule has 192 valence electrons. The minimum absolute atomic E-state index is 0.242. The van der Waals surface area contributed by atoms with E-state index in [1.54, 1.807) is 32.2 Å². The highest BCUT2D eigenvalue weighted by molar-refractivity contribution is 5.99. The highest BCUT2D eigenvalue weighted by atomic mass is 16.5. The van der Waals surface area contributed by atoms with E-state index in [9.17, 15) is 4.79 Å². The Morgan fingerprint density at radius 2 is 1.89 bits per heavy atom. The summed E-state index contributed by atoms with van der Waals surface area (Å²) in [5.74, 6) is 3.29. The van der Waals surface area contributed by atoms with E-state index in [-0.39, 0.29) is 5.91 Å². The Bertz CT molecular complexity index is 1390. The number of nitrogens with zero attached hydrogens (tertiary/aromatic N) is 6. The molecule has 0 saturated carbocycles. The summed E-state index contributed by atoms with van der Waals surface area (Å²) in [5.41, 5.74) is 1.86. The number of hydrogen-bond donors (Lipinski definition) is 3. The Labute approximate surface area is 215 Å². The van der Waals surface area contributed by atoms with Crippen LogP contribution in [0.15, 0.2) is 30.6 Å². The molecule has 3 N–H and O–H groups in total. The normalized spacial score (nSPS) is 21.9. The Morgan fingerprint density at radius 3 is 2.62 bits per heavy atom. The van der Waals surface area contributed by atoms with Crippen LogP contribution in [-0.2, 0) is 4.79 Å². The molecule has 0 spiro atoms. The zero-order valence-corrected chi connectivity index (χ0v) is 21.7. The second-order valence-electron chi connectivity index (χ2n) is 10.6. The molecule has 3 aliphatic heterocycles. The lowest BCUT2D eigenvalue weighted by molar-refractivity contribution is -0.129. The van der Waals surface area contributed by atoms with E-state index in [4.69, 9.17) is 9.72 Å². The molecule has 37 heavy (non-hydrogen) atoms. The first-order valence-corrected chi connectivity index (χ1v) is 12.5. The van der Waals surface area contributed by atoms with E-state index in [1.807, 2.05) is 13.1 Å². The van der Waals surface area contributed by atoms with Crippen LogP contribution in [0.3, 0.4) is 0 Å². The Hall–Kier alpha value is -3.99. The molecular formula is C26H31N9O2. The molecule has 2 saturated heterocycles. The van der Waals surface area contributed by atoms with Crippen LogP contribution >= 0.6 is 0 Å². The van der Waals surface area contributed by atoms with E-state index < -0.39 is 5.60 Å². The number of anilines is 6. The van der Waals surface area contributed by atoms with Crippen molar-refractivity contribution in [3.63, 3.8) is 0 Å². The summed E-state index contributed by atoms with van der Waals surface area (Å²) in [5, 5.41) is 9.30. The quantitative estimate of drug-likeness (QED) is 0.480. The molecule has 2 unspecified atom stereocenters. The highest BCUT2D eigenvalue weighted by Crippen LogP contribution is 2.35. The van der Waals surface area contributed by atoms with Crippen molar-refractivity contribution in [1.82, 2.24) is 24.8 Å². The van der Waals surface area contributed by atoms with Gasteiger partial charge in [0.05, 0.1) is 11.9 Å². The third kappa shape index (κ3) is 4.29. The van der Waals surface area contributed by atoms with E-state index in [0.29, 0.717) is 41.2 Å². The lowest BCUT2D eigenvalue weighted by Gasteiger charge is -2.33. The van der Waals surface area contributed by atoms with Crippen molar-refractivity contribution < 1.29 is 9.53 Å². The van der Waals surface area contributed by atoms with Crippen molar-refractivity contribution in [2.24, 2.45) is 0 Å². The van der Waals surface area contributed by atoms with Crippen LogP contribution in [0.5, 0.6) is 5.75 Å². The van der Waals surface area contributed by atoms with E-state index in [2.05, 4.69) is 60.7 Å². The van der Waals surface area contributed by atoms with E-state index >= 15 is 0 Å². The van der Waals surface area contributed by atoms with Gasteiger partial charge in [-0.25, -0.2) is 15.0 Å². The molecule has 2 fully saturated rings. The number of nitrogens with one attached hydrogen (secondary N) is 3. The molecule has 2 bridgehead atoms. The van der Waals surface area contributed by atoms with E-state index in [0.717, 1.165) is 35.7 Å². The number of aromatic nitrogens is 4. The van der Waals surface area contributed by atoms with Crippen LogP contribution < -0.4 is 25.6 Å². The highest BCUT2D eigenvalue weighted by Gasteiger charge is 2.42. The molecule has 0 radical (unpaired) electrons. The molecule has 0 aromatic carbocycles. The molecule has 3 aromatic heterocycles. The topological polar surface area (TPSA) is 120 Å². The van der Waals surface area contributed by atoms with Crippen LogP contribution in [0.2, 0.25) is 0 Å². The Kier molecular flexibility index (Phi) is 5.41. The number of fused-ring (bicyclic) bond motifs is 3. The zero-order valence-electron chi connectivity index (χ0n) is 21.7. The van der Waals surface area contributed by atoms with Gasteiger partial charge >= 0.3 is 0 Å². The van der Waals surface area contributed by atoms with Crippen molar-refractivity contribution in [1.29, 1.82) is 0 Å². The number of likely N-dealkylation sites (tertiary alicyclic amines) is 1. The number of hydrogen-bond acceptors (Lipinski definition) is 10. The van der Waals surface area contributed by atoms with E-state index in [1.165, 1.54) is 6.42 Å². The maximum absolute atomic E-state index is 12.3. The number of amides is 1. The van der Waals surface area contributed by atoms with Gasteiger partial charge in [0.2, 0.25) is 5.95 Å². The second-order valence-corrected chi connectivity index (χ2v) is 10.6. The van der Waals surface area contributed by atoms with Crippen LogP contribution in [0, 0.1) is 13.8 Å². The predicted molar refractivity (Wildman–Crippen MR) is 142 cm³/mol. The van der Waals surface area contributed by atoms with Crippen LogP contribution in [0.4, 0.5) is 34.9 Å². The van der Waals surface area contributed by atoms with Crippen molar-refractivity contribution in [2.75, 3.05) is 41.0 Å². The van der Waals surface area contributed by atoms with Gasteiger partial charge in [-0.05, 0) is 64.9 Å². The minimum atomic E-state index is -0.941. The third-order valence-electron chi connectivity index (χ3n) is 7.31. The van der Waals surface area contributed by atoms with Gasteiger partial charge in [-0.2, -0.15) is 4.98 Å². The second kappa shape index (κ2) is 8.55. The van der Waals surface area contributed by atoms with Crippen LogP contribution in [0.1, 0.15) is 31.4 Å². The van der Waals surface area contributed by atoms with Crippen LogP contribution in [-0.4, -0.2) is 68.6 Å². The third-order valence-corrected chi connectivity index (χ3v) is 7.31. The number of likely N-dealkylation sites (N-methyl/N-ethyl adjacent to an activating group) is 1. The first-order valence-electron chi connectivity index (χ1n) is 12.5. The first kappa shape index (κ1) is 23.4. The van der Waals surface area contributed by atoms with Crippen molar-refractivity contribution >= 4 is 40.8 Å². The molecule has 6 rings (SSSR count). The number of piperazine rings is 1. The first-order chi connectivity index (χ1) is 17.7. The van der Waals surface area contributed by atoms with Gasteiger partial charge in [-0.3, -0.25) is 9.69 Å².